The molecule has 2 aromatic heterocycles. The van der Waals surface area contributed by atoms with Crippen LogP contribution in [0.3, 0.4) is 0 Å². The highest BCUT2D eigenvalue weighted by molar-refractivity contribution is 6.00. The second kappa shape index (κ2) is 5.72. The summed E-state index contributed by atoms with van der Waals surface area (Å²) in [6, 6.07) is 7.64. The van der Waals surface area contributed by atoms with Gasteiger partial charge in [0.15, 0.2) is 0 Å². The van der Waals surface area contributed by atoms with Crippen LogP contribution in [0.1, 0.15) is 16.1 Å². The van der Waals surface area contributed by atoms with Crippen LogP contribution >= 0.6 is 0 Å². The van der Waals surface area contributed by atoms with Crippen molar-refractivity contribution in [3.8, 4) is 0 Å². The van der Waals surface area contributed by atoms with Crippen molar-refractivity contribution in [2.45, 2.75) is 0 Å². The van der Waals surface area contributed by atoms with E-state index >= 15 is 0 Å². The first-order chi connectivity index (χ1) is 11.1. The van der Waals surface area contributed by atoms with Gasteiger partial charge in [-0.15, -0.1) is 0 Å². The van der Waals surface area contributed by atoms with Crippen molar-refractivity contribution < 1.29 is 9.72 Å². The van der Waals surface area contributed by atoms with Gasteiger partial charge >= 0.3 is 5.69 Å². The summed E-state index contributed by atoms with van der Waals surface area (Å²) in [7, 11) is 1.45. The van der Waals surface area contributed by atoms with E-state index in [1.165, 1.54) is 13.3 Å². The molecule has 0 aliphatic carbocycles. The monoisotopic (exact) mass is 312 g/mol. The van der Waals surface area contributed by atoms with Crippen LogP contribution in [0.2, 0.25) is 0 Å². The summed E-state index contributed by atoms with van der Waals surface area (Å²) in [6.45, 7) is 0. The minimum atomic E-state index is -0.701. The summed E-state index contributed by atoms with van der Waals surface area (Å²) in [5, 5.41) is 19.4. The Morgan fingerprint density at radius 1 is 1.48 bits per heavy atom. The highest BCUT2D eigenvalue weighted by Gasteiger charge is 2.25. The molecule has 0 unspecified atom stereocenters. The molecular formula is C14H12N6O3. The number of hydrogen-bond donors (Lipinski definition) is 2. The number of nitro groups is 1. The number of nitrogens with zero attached hydrogens (tertiary/aromatic N) is 4. The molecule has 0 aliphatic heterocycles. The number of hydrazone groups is 1. The number of H-pyrrole nitrogens is 1. The molecule has 0 saturated heterocycles. The molecule has 2 N–H and O–H groups in total. The molecule has 9 nitrogen and oxygen atoms in total. The van der Waals surface area contributed by atoms with E-state index in [0.29, 0.717) is 0 Å². The number of nitrogens with one attached hydrogen (secondary N) is 2. The Morgan fingerprint density at radius 3 is 3.04 bits per heavy atom. The summed E-state index contributed by atoms with van der Waals surface area (Å²) >= 11 is 0. The maximum Gasteiger partial charge on any atom is 0.320 e. The molecule has 2 heterocycles. The molecule has 1 aromatic carbocycles. The summed E-state index contributed by atoms with van der Waals surface area (Å²) in [5.41, 5.74) is 3.49. The van der Waals surface area contributed by atoms with Crippen LogP contribution < -0.4 is 5.43 Å². The molecule has 0 atom stereocenters. The number of aromatic amines is 1. The van der Waals surface area contributed by atoms with E-state index in [4.69, 9.17) is 0 Å². The van der Waals surface area contributed by atoms with Crippen LogP contribution in [0.4, 0.5) is 5.69 Å². The number of fused-ring (bicyclic) bond motifs is 1. The molecule has 1 amide bonds. The molecule has 0 spiro atoms. The minimum absolute atomic E-state index is 0.161. The largest absolute Gasteiger partial charge is 0.361 e. The molecule has 3 rings (SSSR count). The lowest BCUT2D eigenvalue weighted by atomic mass is 10.2. The molecule has 3 aromatic rings. The lowest BCUT2D eigenvalue weighted by Crippen LogP contribution is -2.22. The van der Waals surface area contributed by atoms with Crippen molar-refractivity contribution in [2.24, 2.45) is 12.1 Å². The van der Waals surface area contributed by atoms with Gasteiger partial charge in [-0.2, -0.15) is 10.2 Å². The van der Waals surface area contributed by atoms with Crippen molar-refractivity contribution in [3.63, 3.8) is 0 Å². The quantitative estimate of drug-likeness (QED) is 0.432. The lowest BCUT2D eigenvalue weighted by molar-refractivity contribution is -0.385. The molecule has 116 valence electrons. The molecular weight excluding hydrogens is 300 g/mol. The molecule has 23 heavy (non-hydrogen) atoms. The Hall–Kier alpha value is -3.49. The molecule has 9 heteroatoms. The Kier molecular flexibility index (Phi) is 3.59. The summed E-state index contributed by atoms with van der Waals surface area (Å²) in [4.78, 5) is 25.3. The van der Waals surface area contributed by atoms with Crippen LogP contribution in [0.25, 0.3) is 10.9 Å². The number of amides is 1. The van der Waals surface area contributed by atoms with Gasteiger partial charge in [0.25, 0.3) is 5.91 Å². The first-order valence-corrected chi connectivity index (χ1v) is 6.64. The van der Waals surface area contributed by atoms with Gasteiger partial charge < -0.3 is 4.98 Å². The zero-order valence-electron chi connectivity index (χ0n) is 12.1. The van der Waals surface area contributed by atoms with Crippen molar-refractivity contribution >= 4 is 28.7 Å². The maximum atomic E-state index is 12.0. The van der Waals surface area contributed by atoms with Crippen molar-refractivity contribution in [1.29, 1.82) is 0 Å². The van der Waals surface area contributed by atoms with Crippen LogP contribution in [0, 0.1) is 10.1 Å². The Balaban J connectivity index is 1.79. The highest BCUT2D eigenvalue weighted by Crippen LogP contribution is 2.17. The zero-order valence-corrected chi connectivity index (χ0v) is 12.1. The third-order valence-electron chi connectivity index (χ3n) is 3.32. The average molecular weight is 312 g/mol. The van der Waals surface area contributed by atoms with Crippen molar-refractivity contribution in [1.82, 2.24) is 20.2 Å². The first kappa shape index (κ1) is 14.4. The molecule has 0 radical (unpaired) electrons. The number of rotatable bonds is 4. The number of aryl methyl sites for hydroxylation is 1. The fourth-order valence-corrected chi connectivity index (χ4v) is 2.24. The number of aromatic nitrogens is 3. The van der Waals surface area contributed by atoms with Gasteiger partial charge in [-0.3, -0.25) is 19.6 Å². The number of carbonyl (C=O) groups excluding carboxylic acids is 1. The van der Waals surface area contributed by atoms with Gasteiger partial charge in [-0.05, 0) is 6.07 Å². The second-order valence-electron chi connectivity index (χ2n) is 4.75. The topological polar surface area (TPSA) is 118 Å². The van der Waals surface area contributed by atoms with Crippen LogP contribution in [-0.2, 0) is 7.05 Å². The first-order valence-electron chi connectivity index (χ1n) is 6.64. The smallest absolute Gasteiger partial charge is 0.320 e. The normalized spacial score (nSPS) is 11.2. The second-order valence-corrected chi connectivity index (χ2v) is 4.75. The number of benzene rings is 1. The van der Waals surface area contributed by atoms with E-state index in [1.54, 1.807) is 6.20 Å². The van der Waals surface area contributed by atoms with E-state index in [9.17, 15) is 14.9 Å². The predicted molar refractivity (Wildman–Crippen MR) is 83.2 cm³/mol. The fraction of sp³-hybridized carbons (Fsp3) is 0.0714. The van der Waals surface area contributed by atoms with E-state index in [-0.39, 0.29) is 11.4 Å². The number of hydrogen-bond acceptors (Lipinski definition) is 5. The zero-order chi connectivity index (χ0) is 16.4. The summed E-state index contributed by atoms with van der Waals surface area (Å²) in [6.07, 6.45) is 4.25. The van der Waals surface area contributed by atoms with Crippen LogP contribution in [0.15, 0.2) is 41.8 Å². The van der Waals surface area contributed by atoms with E-state index < -0.39 is 10.8 Å². The third kappa shape index (κ3) is 2.67. The third-order valence-corrected chi connectivity index (χ3v) is 3.32. The van der Waals surface area contributed by atoms with Gasteiger partial charge in [0, 0.05) is 29.7 Å². The van der Waals surface area contributed by atoms with Gasteiger partial charge in [-0.25, -0.2) is 5.43 Å². The van der Waals surface area contributed by atoms with Crippen LogP contribution in [-0.4, -0.2) is 31.8 Å². The molecule has 0 aliphatic rings. The number of para-hydroxylation sites is 1. The SMILES string of the molecule is Cn1ncc([N+](=O)[O-])c1C(=O)N/N=C/c1c[nH]c2ccccc12. The van der Waals surface area contributed by atoms with Gasteiger partial charge in [-0.1, -0.05) is 18.2 Å². The highest BCUT2D eigenvalue weighted by atomic mass is 16.6. The van der Waals surface area contributed by atoms with Gasteiger partial charge in [0.2, 0.25) is 5.69 Å². The summed E-state index contributed by atoms with van der Waals surface area (Å²) in [5.74, 6) is -0.701. The predicted octanol–water partition coefficient (Wildman–Crippen LogP) is 1.57. The lowest BCUT2D eigenvalue weighted by Gasteiger charge is -1.99. The van der Waals surface area contributed by atoms with Gasteiger partial charge in [0.1, 0.15) is 6.20 Å². The fourth-order valence-electron chi connectivity index (χ4n) is 2.24. The number of carbonyl (C=O) groups is 1. The Labute approximate surface area is 129 Å². The standard InChI is InChI=1S/C14H12N6O3/c1-19-13(12(8-17-19)20(22)23)14(21)18-16-7-9-6-15-11-5-3-2-4-10(9)11/h2-8,15H,1H3,(H,18,21)/b16-7+. The maximum absolute atomic E-state index is 12.0. The van der Waals surface area contributed by atoms with Crippen molar-refractivity contribution in [3.05, 3.63) is 58.0 Å². The van der Waals surface area contributed by atoms with E-state index in [1.807, 2.05) is 24.3 Å². The van der Waals surface area contributed by atoms with E-state index in [0.717, 1.165) is 27.3 Å². The van der Waals surface area contributed by atoms with Gasteiger partial charge in [0.05, 0.1) is 11.1 Å². The molecule has 0 saturated carbocycles. The molecule has 0 bridgehead atoms. The molecule has 0 fully saturated rings. The minimum Gasteiger partial charge on any atom is -0.361 e. The average Bonchev–Trinajstić information content (AvgIpc) is 3.11. The Morgan fingerprint density at radius 2 is 2.26 bits per heavy atom. The summed E-state index contributed by atoms with van der Waals surface area (Å²) < 4.78 is 1.13. The Bertz CT molecular complexity index is 924. The van der Waals surface area contributed by atoms with Crippen LogP contribution in [0.5, 0.6) is 0 Å². The van der Waals surface area contributed by atoms with Crippen molar-refractivity contribution in [2.75, 3.05) is 0 Å². The van der Waals surface area contributed by atoms with E-state index in [2.05, 4.69) is 20.6 Å².